The van der Waals surface area contributed by atoms with Gasteiger partial charge in [0.2, 0.25) is 0 Å². The maximum absolute atomic E-state index is 4.57. The quantitative estimate of drug-likeness (QED) is 0.875. The molecule has 1 aliphatic heterocycles. The normalized spacial score (nSPS) is 16.7. The molecule has 2 aromatic rings. The predicted octanol–water partition coefficient (Wildman–Crippen LogP) is 4.77. The molecule has 1 aliphatic rings. The van der Waals surface area contributed by atoms with Crippen molar-refractivity contribution in [1.29, 1.82) is 0 Å². The van der Waals surface area contributed by atoms with Crippen molar-refractivity contribution in [3.8, 4) is 0 Å². The van der Waals surface area contributed by atoms with Crippen molar-refractivity contribution in [2.24, 2.45) is 5.92 Å². The van der Waals surface area contributed by atoms with Crippen LogP contribution in [0.4, 0.5) is 5.69 Å². The number of aryl methyl sites for hydroxylation is 1. The Hall–Kier alpha value is -2.09. The molecule has 1 aromatic heterocycles. The van der Waals surface area contributed by atoms with E-state index in [4.69, 9.17) is 0 Å². The van der Waals surface area contributed by atoms with Crippen molar-refractivity contribution in [3.05, 3.63) is 65.0 Å². The average Bonchev–Trinajstić information content (AvgIpc) is 2.46. The Morgan fingerprint density at radius 2 is 2.05 bits per heavy atom. The minimum Gasteiger partial charge on any atom is -0.373 e. The first-order valence-electron chi connectivity index (χ1n) is 7.62. The highest BCUT2D eigenvalue weighted by Gasteiger charge is 2.17. The van der Waals surface area contributed by atoms with E-state index in [1.165, 1.54) is 16.7 Å². The third-order valence-electron chi connectivity index (χ3n) is 3.90. The van der Waals surface area contributed by atoms with Gasteiger partial charge >= 0.3 is 0 Å². The lowest BCUT2D eigenvalue weighted by atomic mass is 9.97. The van der Waals surface area contributed by atoms with Gasteiger partial charge in [-0.1, -0.05) is 44.2 Å². The van der Waals surface area contributed by atoms with Gasteiger partial charge < -0.3 is 5.32 Å². The van der Waals surface area contributed by atoms with Crippen molar-refractivity contribution in [2.75, 3.05) is 5.32 Å². The summed E-state index contributed by atoms with van der Waals surface area (Å²) in [6.07, 6.45) is 7.39. The lowest BCUT2D eigenvalue weighted by Crippen LogP contribution is -2.14. The number of anilines is 1. The molecule has 0 aliphatic carbocycles. The van der Waals surface area contributed by atoms with Gasteiger partial charge in [-0.05, 0) is 48.1 Å². The molecule has 0 saturated heterocycles. The topological polar surface area (TPSA) is 24.9 Å². The fourth-order valence-corrected chi connectivity index (χ4v) is 2.87. The molecule has 0 amide bonds. The molecule has 2 nitrogen and oxygen atoms in total. The fourth-order valence-electron chi connectivity index (χ4n) is 2.87. The summed E-state index contributed by atoms with van der Waals surface area (Å²) in [6.45, 7) is 6.64. The van der Waals surface area contributed by atoms with Crippen LogP contribution in [0.3, 0.4) is 0 Å². The van der Waals surface area contributed by atoms with E-state index in [-0.39, 0.29) is 6.04 Å². The zero-order valence-electron chi connectivity index (χ0n) is 12.9. The van der Waals surface area contributed by atoms with Crippen molar-refractivity contribution in [2.45, 2.75) is 33.2 Å². The van der Waals surface area contributed by atoms with E-state index < -0.39 is 0 Å². The van der Waals surface area contributed by atoms with Gasteiger partial charge in [-0.3, -0.25) is 4.98 Å². The van der Waals surface area contributed by atoms with Crippen LogP contribution in [0.25, 0.3) is 6.08 Å². The molecule has 3 rings (SSSR count). The van der Waals surface area contributed by atoms with Gasteiger partial charge in [-0.15, -0.1) is 0 Å². The summed E-state index contributed by atoms with van der Waals surface area (Å²) in [6, 6.07) is 11.0. The number of benzene rings is 1. The van der Waals surface area contributed by atoms with E-state index in [9.17, 15) is 0 Å². The Kier molecular flexibility index (Phi) is 3.78. The van der Waals surface area contributed by atoms with Crippen LogP contribution in [-0.4, -0.2) is 4.98 Å². The van der Waals surface area contributed by atoms with E-state index in [2.05, 4.69) is 73.6 Å². The Balaban J connectivity index is 1.89. The first-order chi connectivity index (χ1) is 10.1. The molecule has 1 unspecified atom stereocenters. The Morgan fingerprint density at radius 3 is 2.81 bits per heavy atom. The Bertz CT molecular complexity index is 671. The van der Waals surface area contributed by atoms with Crippen LogP contribution in [0.15, 0.2) is 42.6 Å². The largest absolute Gasteiger partial charge is 0.373 e. The van der Waals surface area contributed by atoms with Gasteiger partial charge in [0, 0.05) is 6.20 Å². The molecule has 0 fully saturated rings. The summed E-state index contributed by atoms with van der Waals surface area (Å²) in [7, 11) is 0. The van der Waals surface area contributed by atoms with E-state index in [0.29, 0.717) is 5.92 Å². The maximum atomic E-state index is 4.57. The molecule has 0 saturated carbocycles. The predicted molar refractivity (Wildman–Crippen MR) is 89.4 cm³/mol. The highest BCUT2D eigenvalue weighted by atomic mass is 14.9. The number of rotatable bonds is 3. The smallest absolute Gasteiger partial charge is 0.0859 e. The molecule has 1 N–H and O–H groups in total. The zero-order valence-corrected chi connectivity index (χ0v) is 12.9. The van der Waals surface area contributed by atoms with Crippen LogP contribution in [0, 0.1) is 12.8 Å². The van der Waals surface area contributed by atoms with Gasteiger partial charge in [0.1, 0.15) is 0 Å². The van der Waals surface area contributed by atoms with Gasteiger partial charge in [-0.25, -0.2) is 0 Å². The molecule has 2 heterocycles. The van der Waals surface area contributed by atoms with Crippen LogP contribution in [0.1, 0.15) is 42.3 Å². The number of fused-ring (bicyclic) bond motifs is 1. The third kappa shape index (κ3) is 2.99. The standard InChI is InChI=1S/C19H22N2/c1-13(2)10-15-11-19-18(20-12-15)9-8-17(21-19)16-7-5-4-6-14(16)3/h4-9,11-13,17,21H,10H2,1-3H3. The first-order valence-corrected chi connectivity index (χ1v) is 7.62. The second-order valence-corrected chi connectivity index (χ2v) is 6.21. The van der Waals surface area contributed by atoms with Crippen LogP contribution in [0.2, 0.25) is 0 Å². The molecule has 0 radical (unpaired) electrons. The lowest BCUT2D eigenvalue weighted by molar-refractivity contribution is 0.645. The van der Waals surface area contributed by atoms with Crippen molar-refractivity contribution >= 4 is 11.8 Å². The molecule has 1 aromatic carbocycles. The summed E-state index contributed by atoms with van der Waals surface area (Å²) >= 11 is 0. The third-order valence-corrected chi connectivity index (χ3v) is 3.90. The van der Waals surface area contributed by atoms with Crippen LogP contribution in [-0.2, 0) is 6.42 Å². The maximum Gasteiger partial charge on any atom is 0.0859 e. The van der Waals surface area contributed by atoms with Gasteiger partial charge in [0.15, 0.2) is 0 Å². The number of hydrogen-bond donors (Lipinski definition) is 1. The van der Waals surface area contributed by atoms with Gasteiger partial charge in [0.25, 0.3) is 0 Å². The summed E-state index contributed by atoms with van der Waals surface area (Å²) in [4.78, 5) is 4.57. The van der Waals surface area contributed by atoms with Crippen molar-refractivity contribution < 1.29 is 0 Å². The van der Waals surface area contributed by atoms with Crippen LogP contribution < -0.4 is 5.32 Å². The van der Waals surface area contributed by atoms with Gasteiger partial charge in [0.05, 0.1) is 17.4 Å². The monoisotopic (exact) mass is 278 g/mol. The Labute approximate surface area is 126 Å². The Morgan fingerprint density at radius 1 is 1.24 bits per heavy atom. The van der Waals surface area contributed by atoms with Crippen LogP contribution in [0.5, 0.6) is 0 Å². The second-order valence-electron chi connectivity index (χ2n) is 6.21. The highest BCUT2D eigenvalue weighted by Crippen LogP contribution is 2.31. The number of nitrogens with one attached hydrogen (secondary N) is 1. The number of nitrogens with zero attached hydrogens (tertiary/aromatic N) is 1. The number of aromatic nitrogens is 1. The van der Waals surface area contributed by atoms with E-state index in [1.54, 1.807) is 0 Å². The molecule has 1 atom stereocenters. The average molecular weight is 278 g/mol. The minimum atomic E-state index is 0.231. The lowest BCUT2D eigenvalue weighted by Gasteiger charge is -2.24. The highest BCUT2D eigenvalue weighted by molar-refractivity contribution is 5.69. The summed E-state index contributed by atoms with van der Waals surface area (Å²) in [5, 5.41) is 3.62. The van der Waals surface area contributed by atoms with E-state index in [0.717, 1.165) is 17.8 Å². The summed E-state index contributed by atoms with van der Waals surface area (Å²) in [5.74, 6) is 0.649. The number of pyridine rings is 1. The molecular formula is C19H22N2. The van der Waals surface area contributed by atoms with E-state index in [1.807, 2.05) is 6.20 Å². The zero-order chi connectivity index (χ0) is 14.8. The molecular weight excluding hydrogens is 256 g/mol. The van der Waals surface area contributed by atoms with Crippen LogP contribution >= 0.6 is 0 Å². The fraction of sp³-hybridized carbons (Fsp3) is 0.316. The van der Waals surface area contributed by atoms with E-state index >= 15 is 0 Å². The summed E-state index contributed by atoms with van der Waals surface area (Å²) < 4.78 is 0. The number of hydrogen-bond acceptors (Lipinski definition) is 2. The van der Waals surface area contributed by atoms with Crippen molar-refractivity contribution in [1.82, 2.24) is 4.98 Å². The SMILES string of the molecule is Cc1ccccc1C1C=Cc2ncc(CC(C)C)cc2N1. The second kappa shape index (κ2) is 5.72. The van der Waals surface area contributed by atoms with Crippen molar-refractivity contribution in [3.63, 3.8) is 0 Å². The molecule has 0 spiro atoms. The summed E-state index contributed by atoms with van der Waals surface area (Å²) in [5.41, 5.74) is 6.12. The van der Waals surface area contributed by atoms with Gasteiger partial charge in [-0.2, -0.15) is 0 Å². The minimum absolute atomic E-state index is 0.231. The molecule has 2 heteroatoms. The molecule has 108 valence electrons. The molecule has 21 heavy (non-hydrogen) atoms. The molecule has 0 bridgehead atoms. The first kappa shape index (κ1) is 13.9.